The summed E-state index contributed by atoms with van der Waals surface area (Å²) in [6.45, 7) is 1.72. The summed E-state index contributed by atoms with van der Waals surface area (Å²) in [5.41, 5.74) is 8.15. The van der Waals surface area contributed by atoms with E-state index in [4.69, 9.17) is 10.7 Å². The van der Waals surface area contributed by atoms with Gasteiger partial charge in [0, 0.05) is 25.3 Å². The molecule has 100 valence electrons. The molecule has 19 heavy (non-hydrogen) atoms. The Morgan fingerprint density at radius 3 is 2.79 bits per heavy atom. The summed E-state index contributed by atoms with van der Waals surface area (Å²) < 4.78 is 2.14. The molecule has 0 spiro atoms. The third-order valence-corrected chi connectivity index (χ3v) is 4.21. The molecule has 0 radical (unpaired) electrons. The molecule has 2 aliphatic carbocycles. The largest absolute Gasteiger partial charge is 0.352 e. The first kappa shape index (κ1) is 11.3. The molecule has 0 amide bonds. The summed E-state index contributed by atoms with van der Waals surface area (Å²) in [5, 5.41) is 0. The van der Waals surface area contributed by atoms with Crippen LogP contribution in [0.15, 0.2) is 24.4 Å². The first-order valence-electron chi connectivity index (χ1n) is 7.29. The van der Waals surface area contributed by atoms with Crippen molar-refractivity contribution in [1.82, 2.24) is 9.38 Å². The average Bonchev–Trinajstić information content (AvgIpc) is 3.32. The lowest BCUT2D eigenvalue weighted by Crippen LogP contribution is -2.29. The van der Waals surface area contributed by atoms with Gasteiger partial charge in [-0.3, -0.25) is 0 Å². The molecule has 0 aliphatic heterocycles. The number of rotatable bonds is 5. The van der Waals surface area contributed by atoms with Gasteiger partial charge in [-0.2, -0.15) is 0 Å². The van der Waals surface area contributed by atoms with E-state index in [1.54, 1.807) is 0 Å². The maximum absolute atomic E-state index is 5.98. The number of fused-ring (bicyclic) bond motifs is 1. The van der Waals surface area contributed by atoms with Gasteiger partial charge in [-0.05, 0) is 43.7 Å². The van der Waals surface area contributed by atoms with Crippen LogP contribution in [0.4, 0.5) is 5.82 Å². The quantitative estimate of drug-likeness (QED) is 0.892. The highest BCUT2D eigenvalue weighted by Crippen LogP contribution is 2.38. The van der Waals surface area contributed by atoms with Crippen LogP contribution in [0.25, 0.3) is 5.65 Å². The molecule has 2 aliphatic rings. The first-order valence-corrected chi connectivity index (χ1v) is 7.29. The van der Waals surface area contributed by atoms with Crippen LogP contribution < -0.4 is 10.6 Å². The molecule has 4 heteroatoms. The van der Waals surface area contributed by atoms with E-state index >= 15 is 0 Å². The van der Waals surface area contributed by atoms with Crippen LogP contribution in [0.5, 0.6) is 0 Å². The van der Waals surface area contributed by atoms with Crippen molar-refractivity contribution in [2.45, 2.75) is 38.3 Å². The van der Waals surface area contributed by atoms with Gasteiger partial charge in [-0.15, -0.1) is 0 Å². The highest BCUT2D eigenvalue weighted by molar-refractivity contribution is 5.57. The van der Waals surface area contributed by atoms with Crippen LogP contribution >= 0.6 is 0 Å². The molecular weight excluding hydrogens is 236 g/mol. The minimum absolute atomic E-state index is 0.550. The van der Waals surface area contributed by atoms with Crippen molar-refractivity contribution in [2.75, 3.05) is 11.4 Å². The first-order chi connectivity index (χ1) is 9.36. The van der Waals surface area contributed by atoms with Gasteiger partial charge in [0.2, 0.25) is 0 Å². The van der Waals surface area contributed by atoms with Gasteiger partial charge in [0.25, 0.3) is 0 Å². The molecule has 0 atom stereocenters. The molecule has 2 heterocycles. The van der Waals surface area contributed by atoms with Crippen molar-refractivity contribution in [1.29, 1.82) is 0 Å². The molecule has 0 bridgehead atoms. The minimum Gasteiger partial charge on any atom is -0.352 e. The van der Waals surface area contributed by atoms with Gasteiger partial charge in [-0.25, -0.2) is 4.98 Å². The van der Waals surface area contributed by atoms with Crippen molar-refractivity contribution in [2.24, 2.45) is 11.7 Å². The highest BCUT2D eigenvalue weighted by atomic mass is 15.3. The van der Waals surface area contributed by atoms with Gasteiger partial charge in [0.15, 0.2) is 5.82 Å². The van der Waals surface area contributed by atoms with Crippen LogP contribution in [-0.4, -0.2) is 22.0 Å². The lowest BCUT2D eigenvalue weighted by molar-refractivity contribution is 0.705. The van der Waals surface area contributed by atoms with E-state index < -0.39 is 0 Å². The molecule has 0 saturated heterocycles. The fourth-order valence-corrected chi connectivity index (χ4v) is 2.83. The van der Waals surface area contributed by atoms with Crippen LogP contribution in [0.1, 0.15) is 31.4 Å². The van der Waals surface area contributed by atoms with Crippen molar-refractivity contribution >= 4 is 11.5 Å². The zero-order valence-electron chi connectivity index (χ0n) is 11.1. The molecule has 2 aromatic rings. The molecule has 0 aromatic carbocycles. The Kier molecular flexibility index (Phi) is 2.52. The van der Waals surface area contributed by atoms with Crippen molar-refractivity contribution in [3.05, 3.63) is 30.1 Å². The summed E-state index contributed by atoms with van der Waals surface area (Å²) in [7, 11) is 0. The van der Waals surface area contributed by atoms with Crippen molar-refractivity contribution < 1.29 is 0 Å². The van der Waals surface area contributed by atoms with E-state index in [0.29, 0.717) is 12.6 Å². The molecule has 4 rings (SSSR count). The number of nitrogens with zero attached hydrogens (tertiary/aromatic N) is 3. The zero-order valence-corrected chi connectivity index (χ0v) is 11.1. The molecule has 2 aromatic heterocycles. The normalized spacial score (nSPS) is 19.0. The summed E-state index contributed by atoms with van der Waals surface area (Å²) in [5.74, 6) is 2.01. The standard InChI is InChI=1S/C15H20N4/c16-9-13-15(17-14-3-1-2-8-18(13)14)19(12-6-7-12)10-11-4-5-11/h1-3,8,11-12H,4-7,9-10,16H2. The van der Waals surface area contributed by atoms with Gasteiger partial charge >= 0.3 is 0 Å². The van der Waals surface area contributed by atoms with Crippen LogP contribution in [0.2, 0.25) is 0 Å². The van der Waals surface area contributed by atoms with Crippen LogP contribution in [0.3, 0.4) is 0 Å². The van der Waals surface area contributed by atoms with Crippen LogP contribution in [-0.2, 0) is 6.54 Å². The molecule has 2 saturated carbocycles. The second kappa shape index (κ2) is 4.23. The molecular formula is C15H20N4. The fourth-order valence-electron chi connectivity index (χ4n) is 2.83. The third-order valence-electron chi connectivity index (χ3n) is 4.21. The number of aromatic nitrogens is 2. The maximum atomic E-state index is 5.98. The molecule has 2 fully saturated rings. The lowest BCUT2D eigenvalue weighted by Gasteiger charge is -2.23. The monoisotopic (exact) mass is 256 g/mol. The van der Waals surface area contributed by atoms with E-state index in [1.807, 2.05) is 12.1 Å². The smallest absolute Gasteiger partial charge is 0.152 e. The highest BCUT2D eigenvalue weighted by Gasteiger charge is 2.36. The third kappa shape index (κ3) is 2.00. The average molecular weight is 256 g/mol. The van der Waals surface area contributed by atoms with Crippen molar-refractivity contribution in [3.63, 3.8) is 0 Å². The number of hydrogen-bond acceptors (Lipinski definition) is 3. The van der Waals surface area contributed by atoms with Gasteiger partial charge < -0.3 is 15.0 Å². The number of anilines is 1. The Balaban J connectivity index is 1.78. The van der Waals surface area contributed by atoms with E-state index in [0.717, 1.165) is 23.1 Å². The zero-order chi connectivity index (χ0) is 12.8. The van der Waals surface area contributed by atoms with E-state index in [2.05, 4.69) is 21.6 Å². The van der Waals surface area contributed by atoms with Crippen LogP contribution in [0, 0.1) is 5.92 Å². The second-order valence-corrected chi connectivity index (χ2v) is 5.84. The summed E-state index contributed by atoms with van der Waals surface area (Å²) in [4.78, 5) is 7.36. The SMILES string of the molecule is NCc1c(N(CC2CC2)C2CC2)nc2ccccn12. The number of hydrogen-bond donors (Lipinski definition) is 1. The summed E-state index contributed by atoms with van der Waals surface area (Å²) in [6, 6.07) is 6.84. The van der Waals surface area contributed by atoms with E-state index in [9.17, 15) is 0 Å². The Morgan fingerprint density at radius 2 is 2.11 bits per heavy atom. The lowest BCUT2D eigenvalue weighted by atomic mass is 10.3. The number of imidazole rings is 1. The molecule has 0 unspecified atom stereocenters. The Morgan fingerprint density at radius 1 is 1.26 bits per heavy atom. The van der Waals surface area contributed by atoms with Gasteiger partial charge in [0.1, 0.15) is 5.65 Å². The summed E-state index contributed by atoms with van der Waals surface area (Å²) >= 11 is 0. The van der Waals surface area contributed by atoms with Crippen molar-refractivity contribution in [3.8, 4) is 0 Å². The topological polar surface area (TPSA) is 46.6 Å². The number of nitrogens with two attached hydrogens (primary N) is 1. The Bertz CT molecular complexity index is 595. The minimum atomic E-state index is 0.550. The fraction of sp³-hybridized carbons (Fsp3) is 0.533. The molecule has 2 N–H and O–H groups in total. The summed E-state index contributed by atoms with van der Waals surface area (Å²) in [6.07, 6.45) is 7.45. The second-order valence-electron chi connectivity index (χ2n) is 5.84. The Labute approximate surface area is 113 Å². The van der Waals surface area contributed by atoms with Gasteiger partial charge in [0.05, 0.1) is 5.69 Å². The molecule has 4 nitrogen and oxygen atoms in total. The predicted octanol–water partition coefficient (Wildman–Crippen LogP) is 2.17. The van der Waals surface area contributed by atoms with Gasteiger partial charge in [-0.1, -0.05) is 6.07 Å². The number of pyridine rings is 1. The predicted molar refractivity (Wildman–Crippen MR) is 76.2 cm³/mol. The van der Waals surface area contributed by atoms with E-state index in [1.165, 1.54) is 32.2 Å². The van der Waals surface area contributed by atoms with E-state index in [-0.39, 0.29) is 0 Å². The Hall–Kier alpha value is -1.55. The maximum Gasteiger partial charge on any atom is 0.152 e.